The topological polar surface area (TPSA) is 134 Å². The van der Waals surface area contributed by atoms with Gasteiger partial charge in [0.1, 0.15) is 24.2 Å². The maximum Gasteiger partial charge on any atom is 0.408 e. The van der Waals surface area contributed by atoms with Crippen molar-refractivity contribution in [3.63, 3.8) is 0 Å². The summed E-state index contributed by atoms with van der Waals surface area (Å²) in [4.78, 5) is 52.3. The van der Waals surface area contributed by atoms with Crippen LogP contribution in [-0.2, 0) is 23.9 Å². The van der Waals surface area contributed by atoms with Gasteiger partial charge in [-0.2, -0.15) is 0 Å². The van der Waals surface area contributed by atoms with Crippen molar-refractivity contribution in [3.05, 3.63) is 35.4 Å². The van der Waals surface area contributed by atoms with Crippen LogP contribution < -0.4 is 10.6 Å². The van der Waals surface area contributed by atoms with Crippen molar-refractivity contribution in [2.24, 2.45) is 5.92 Å². The average Bonchev–Trinajstić information content (AvgIpc) is 3.48. The molecular formula is C24H35N3O7. The molecule has 3 N–H and O–H groups in total. The van der Waals surface area contributed by atoms with Gasteiger partial charge in [0.05, 0.1) is 13.7 Å². The Bertz CT molecular complexity index is 912. The number of alkyl carbamates (subject to hydrolysis) is 1. The first-order chi connectivity index (χ1) is 15.9. The Morgan fingerprint density at radius 2 is 1.82 bits per heavy atom. The normalized spacial score (nSPS) is 18.8. The lowest BCUT2D eigenvalue weighted by Crippen LogP contribution is -2.55. The van der Waals surface area contributed by atoms with E-state index in [4.69, 9.17) is 4.74 Å². The minimum Gasteiger partial charge on any atom is -0.468 e. The minimum atomic E-state index is -1.32. The van der Waals surface area contributed by atoms with Crippen molar-refractivity contribution in [2.75, 3.05) is 20.3 Å². The molecule has 0 aromatic heterocycles. The Morgan fingerprint density at radius 3 is 2.32 bits per heavy atom. The van der Waals surface area contributed by atoms with Crippen molar-refractivity contribution in [3.8, 4) is 0 Å². The number of amides is 3. The zero-order chi connectivity index (χ0) is 25.6. The van der Waals surface area contributed by atoms with Gasteiger partial charge in [-0.25, -0.2) is 4.79 Å². The number of aliphatic hydroxyl groups excluding tert-OH is 1. The number of nitrogens with one attached hydrogen (secondary N) is 2. The van der Waals surface area contributed by atoms with E-state index in [1.165, 1.54) is 12.0 Å². The molecule has 10 heteroatoms. The number of methoxy groups -OCH3 is 1. The molecule has 34 heavy (non-hydrogen) atoms. The summed E-state index contributed by atoms with van der Waals surface area (Å²) >= 11 is 0. The number of rotatable bonds is 9. The Morgan fingerprint density at radius 1 is 1.21 bits per heavy atom. The van der Waals surface area contributed by atoms with Gasteiger partial charge in [0.15, 0.2) is 0 Å². The fraction of sp³-hybridized carbons (Fsp3) is 0.583. The second-order valence-corrected chi connectivity index (χ2v) is 9.46. The van der Waals surface area contributed by atoms with Gasteiger partial charge >= 0.3 is 12.1 Å². The van der Waals surface area contributed by atoms with Crippen LogP contribution >= 0.6 is 0 Å². The molecule has 1 aliphatic carbocycles. The van der Waals surface area contributed by atoms with Crippen molar-refractivity contribution in [1.29, 1.82) is 0 Å². The summed E-state index contributed by atoms with van der Waals surface area (Å²) in [5, 5.41) is 14.9. The lowest BCUT2D eigenvalue weighted by molar-refractivity contribution is -0.145. The van der Waals surface area contributed by atoms with Gasteiger partial charge in [0.2, 0.25) is 11.8 Å². The number of hydrogen-bond donors (Lipinski definition) is 3. The number of benzene rings is 1. The van der Waals surface area contributed by atoms with Crippen LogP contribution in [0.5, 0.6) is 0 Å². The van der Waals surface area contributed by atoms with E-state index in [2.05, 4.69) is 15.4 Å². The summed E-state index contributed by atoms with van der Waals surface area (Å²) in [6.45, 7) is 7.76. The second-order valence-electron chi connectivity index (χ2n) is 9.46. The number of nitrogens with zero attached hydrogens (tertiary/aromatic N) is 1. The SMILES string of the molecule is COC(=O)CNC(=O)C(c1ccccc1C)N(C(=O)C(CO)NC(=O)OC(C)(C)C)C1CC1C. The first kappa shape index (κ1) is 27.1. The fourth-order valence-corrected chi connectivity index (χ4v) is 3.63. The van der Waals surface area contributed by atoms with Gasteiger partial charge in [-0.1, -0.05) is 31.2 Å². The zero-order valence-corrected chi connectivity index (χ0v) is 20.6. The summed E-state index contributed by atoms with van der Waals surface area (Å²) in [6.07, 6.45) is -0.200. The number of carbonyl (C=O) groups excluding carboxylic acids is 4. The van der Waals surface area contributed by atoms with E-state index in [9.17, 15) is 24.3 Å². The first-order valence-corrected chi connectivity index (χ1v) is 11.2. The third kappa shape index (κ3) is 7.18. The maximum absolute atomic E-state index is 13.7. The molecule has 1 fully saturated rings. The highest BCUT2D eigenvalue weighted by atomic mass is 16.6. The monoisotopic (exact) mass is 477 g/mol. The van der Waals surface area contributed by atoms with Crippen LogP contribution in [0.2, 0.25) is 0 Å². The molecule has 188 valence electrons. The maximum atomic E-state index is 13.7. The summed E-state index contributed by atoms with van der Waals surface area (Å²) in [6, 6.07) is 4.44. The van der Waals surface area contributed by atoms with Gasteiger partial charge in [0.25, 0.3) is 0 Å². The highest BCUT2D eigenvalue weighted by Gasteiger charge is 2.48. The Labute approximate surface area is 200 Å². The van der Waals surface area contributed by atoms with Gasteiger partial charge in [-0.3, -0.25) is 14.4 Å². The lowest BCUT2D eigenvalue weighted by Gasteiger charge is -2.35. The summed E-state index contributed by atoms with van der Waals surface area (Å²) in [5.41, 5.74) is 0.550. The highest BCUT2D eigenvalue weighted by Crippen LogP contribution is 2.41. The van der Waals surface area contributed by atoms with Crippen molar-refractivity contribution < 1.29 is 33.8 Å². The summed E-state index contributed by atoms with van der Waals surface area (Å²) in [5.74, 6) is -1.70. The van der Waals surface area contributed by atoms with Crippen molar-refractivity contribution >= 4 is 23.9 Å². The number of carbonyl (C=O) groups is 4. The molecule has 4 unspecified atom stereocenters. The van der Waals surface area contributed by atoms with Crippen molar-refractivity contribution in [1.82, 2.24) is 15.5 Å². The third-order valence-corrected chi connectivity index (χ3v) is 5.49. The van der Waals surface area contributed by atoms with E-state index in [0.29, 0.717) is 12.0 Å². The average molecular weight is 478 g/mol. The smallest absolute Gasteiger partial charge is 0.408 e. The molecule has 3 amide bonds. The van der Waals surface area contributed by atoms with Crippen LogP contribution in [0, 0.1) is 12.8 Å². The number of ether oxygens (including phenoxy) is 2. The molecule has 2 rings (SSSR count). The van der Waals surface area contributed by atoms with E-state index in [1.54, 1.807) is 32.9 Å². The summed E-state index contributed by atoms with van der Waals surface area (Å²) < 4.78 is 9.83. The summed E-state index contributed by atoms with van der Waals surface area (Å²) in [7, 11) is 1.21. The predicted octanol–water partition coefficient (Wildman–Crippen LogP) is 1.45. The van der Waals surface area contributed by atoms with E-state index in [1.807, 2.05) is 26.0 Å². The van der Waals surface area contributed by atoms with Gasteiger partial charge < -0.3 is 30.1 Å². The molecular weight excluding hydrogens is 442 g/mol. The van der Waals surface area contributed by atoms with Crippen LogP contribution in [0.15, 0.2) is 24.3 Å². The lowest BCUT2D eigenvalue weighted by atomic mass is 9.97. The molecule has 0 bridgehead atoms. The molecule has 1 aliphatic rings. The van der Waals surface area contributed by atoms with Crippen LogP contribution in [0.3, 0.4) is 0 Å². The van der Waals surface area contributed by atoms with Gasteiger partial charge in [0, 0.05) is 6.04 Å². The Balaban J connectivity index is 2.42. The van der Waals surface area contributed by atoms with Crippen LogP contribution in [0.1, 0.15) is 51.3 Å². The molecule has 4 atom stereocenters. The molecule has 10 nitrogen and oxygen atoms in total. The molecule has 1 saturated carbocycles. The zero-order valence-electron chi connectivity index (χ0n) is 20.6. The third-order valence-electron chi connectivity index (χ3n) is 5.49. The molecule has 1 aromatic rings. The van der Waals surface area contributed by atoms with E-state index >= 15 is 0 Å². The molecule has 1 aromatic carbocycles. The fourth-order valence-electron chi connectivity index (χ4n) is 3.63. The van der Waals surface area contributed by atoms with Crippen LogP contribution in [-0.4, -0.2) is 71.8 Å². The molecule has 0 aliphatic heterocycles. The number of aliphatic hydroxyl groups is 1. The predicted molar refractivity (Wildman–Crippen MR) is 124 cm³/mol. The Hall–Kier alpha value is -3.14. The highest BCUT2D eigenvalue weighted by molar-refractivity contribution is 5.93. The number of hydrogen-bond acceptors (Lipinski definition) is 7. The largest absolute Gasteiger partial charge is 0.468 e. The van der Waals surface area contributed by atoms with E-state index in [-0.39, 0.29) is 18.5 Å². The molecule has 0 heterocycles. The molecule has 0 radical (unpaired) electrons. The second kappa shape index (κ2) is 11.3. The van der Waals surface area contributed by atoms with Crippen molar-refractivity contribution in [2.45, 2.75) is 64.8 Å². The minimum absolute atomic E-state index is 0.116. The first-order valence-electron chi connectivity index (χ1n) is 11.2. The van der Waals surface area contributed by atoms with Crippen LogP contribution in [0.4, 0.5) is 4.79 Å². The molecule has 0 spiro atoms. The number of aryl methyl sites for hydroxylation is 1. The van der Waals surface area contributed by atoms with E-state index < -0.39 is 48.2 Å². The standard InChI is InChI=1S/C24H35N3O7/c1-14-9-7-8-10-16(14)20(21(30)25-12-19(29)33-6)27(18-11-15(18)2)22(31)17(13-28)26-23(32)34-24(3,4)5/h7-10,15,17-18,20,28H,11-13H2,1-6H3,(H,25,30)(H,26,32). The van der Waals surface area contributed by atoms with Gasteiger partial charge in [-0.05, 0) is 51.2 Å². The van der Waals surface area contributed by atoms with E-state index in [0.717, 1.165) is 5.56 Å². The Kier molecular flexibility index (Phi) is 9.03. The number of esters is 1. The van der Waals surface area contributed by atoms with Gasteiger partial charge in [-0.15, -0.1) is 0 Å². The molecule has 0 saturated heterocycles. The quantitative estimate of drug-likeness (QED) is 0.458. The van der Waals surface area contributed by atoms with Crippen LogP contribution in [0.25, 0.3) is 0 Å².